The predicted molar refractivity (Wildman–Crippen MR) is 211 cm³/mol. The van der Waals surface area contributed by atoms with Gasteiger partial charge in [-0.15, -0.1) is 0 Å². The molecule has 0 amide bonds. The number of carbonyl (C=O) groups is 1. The molecule has 0 spiro atoms. The molecule has 0 bridgehead atoms. The number of hydrogen-bond acceptors (Lipinski definition) is 7. The van der Waals surface area contributed by atoms with Crippen molar-refractivity contribution in [2.45, 2.75) is 206 Å². The SMILES string of the molecule is CCCCCCCC(=O)OC(CCCCCC)CSCCCCCC(CCCCCSCC(O)CCCCCC)N(C)CCCCO. The van der Waals surface area contributed by atoms with Gasteiger partial charge in [0.25, 0.3) is 0 Å². The van der Waals surface area contributed by atoms with Crippen molar-refractivity contribution in [2.24, 2.45) is 0 Å². The molecule has 0 heterocycles. The highest BCUT2D eigenvalue weighted by Crippen LogP contribution is 2.21. The highest BCUT2D eigenvalue weighted by molar-refractivity contribution is 7.99. The quantitative estimate of drug-likeness (QED) is 0.0490. The van der Waals surface area contributed by atoms with Crippen molar-refractivity contribution in [3.8, 4) is 0 Å². The summed E-state index contributed by atoms with van der Waals surface area (Å²) >= 11 is 3.91. The lowest BCUT2D eigenvalue weighted by atomic mass is 10.0. The van der Waals surface area contributed by atoms with Crippen molar-refractivity contribution in [2.75, 3.05) is 43.2 Å². The van der Waals surface area contributed by atoms with Crippen LogP contribution in [0.3, 0.4) is 0 Å². The van der Waals surface area contributed by atoms with E-state index in [-0.39, 0.29) is 18.2 Å². The van der Waals surface area contributed by atoms with E-state index < -0.39 is 0 Å². The first-order valence-electron chi connectivity index (χ1n) is 20.3. The summed E-state index contributed by atoms with van der Waals surface area (Å²) in [7, 11) is 2.28. The Morgan fingerprint density at radius 1 is 0.617 bits per heavy atom. The molecular formula is C40H81NO4S2. The lowest BCUT2D eigenvalue weighted by Crippen LogP contribution is -2.32. The van der Waals surface area contributed by atoms with Gasteiger partial charge in [0.1, 0.15) is 6.10 Å². The van der Waals surface area contributed by atoms with Gasteiger partial charge in [-0.05, 0) is 89.3 Å². The molecule has 0 aromatic rings. The molecule has 5 nitrogen and oxygen atoms in total. The highest BCUT2D eigenvalue weighted by Gasteiger charge is 2.16. The third kappa shape index (κ3) is 33.0. The number of aliphatic hydroxyl groups is 2. The average molecular weight is 704 g/mol. The van der Waals surface area contributed by atoms with Crippen LogP contribution in [-0.4, -0.2) is 82.5 Å². The lowest BCUT2D eigenvalue weighted by molar-refractivity contribution is -0.148. The van der Waals surface area contributed by atoms with Gasteiger partial charge in [-0.25, -0.2) is 0 Å². The summed E-state index contributed by atoms with van der Waals surface area (Å²) in [6.07, 6.45) is 30.3. The minimum absolute atomic E-state index is 0.0162. The fraction of sp³-hybridized carbons (Fsp3) is 0.975. The number of rotatable bonds is 38. The number of hydrogen-bond donors (Lipinski definition) is 2. The van der Waals surface area contributed by atoms with Gasteiger partial charge in [0.15, 0.2) is 0 Å². The Morgan fingerprint density at radius 2 is 1.13 bits per heavy atom. The van der Waals surface area contributed by atoms with Gasteiger partial charge < -0.3 is 19.8 Å². The fourth-order valence-corrected chi connectivity index (χ4v) is 8.27. The van der Waals surface area contributed by atoms with E-state index in [2.05, 4.69) is 32.7 Å². The standard InChI is InChI=1S/C40H81NO4S2/c1-5-8-11-14-21-30-40(44)45-39(29-20-13-10-7-3)36-47-34-25-16-18-27-37(41(4)31-22-23-32-42)26-17-15-24-33-46-35-38(43)28-19-12-9-6-2/h37-39,42-43H,5-36H2,1-4H3. The van der Waals surface area contributed by atoms with Crippen LogP contribution in [0.1, 0.15) is 188 Å². The van der Waals surface area contributed by atoms with Crippen LogP contribution in [0.4, 0.5) is 0 Å². The van der Waals surface area contributed by atoms with Crippen LogP contribution in [0.5, 0.6) is 0 Å². The Hall–Kier alpha value is 0.0500. The Bertz CT molecular complexity index is 641. The molecule has 0 fully saturated rings. The van der Waals surface area contributed by atoms with Crippen LogP contribution >= 0.6 is 23.5 Å². The van der Waals surface area contributed by atoms with E-state index in [9.17, 15) is 15.0 Å². The Kier molecular flexibility index (Phi) is 37.3. The molecule has 47 heavy (non-hydrogen) atoms. The Labute approximate surface area is 302 Å². The molecule has 0 aliphatic rings. The fourth-order valence-electron chi connectivity index (χ4n) is 6.18. The zero-order valence-corrected chi connectivity index (χ0v) is 33.5. The number of aliphatic hydroxyl groups excluding tert-OH is 2. The summed E-state index contributed by atoms with van der Waals surface area (Å²) in [5, 5.41) is 19.5. The number of nitrogens with zero attached hydrogens (tertiary/aromatic N) is 1. The van der Waals surface area contributed by atoms with E-state index in [0.29, 0.717) is 19.1 Å². The first kappa shape index (κ1) is 47.0. The molecule has 0 radical (unpaired) electrons. The molecule has 7 heteroatoms. The second kappa shape index (κ2) is 37.3. The average Bonchev–Trinajstić information content (AvgIpc) is 3.06. The summed E-state index contributed by atoms with van der Waals surface area (Å²) in [4.78, 5) is 15.1. The number of esters is 1. The van der Waals surface area contributed by atoms with E-state index in [4.69, 9.17) is 4.74 Å². The first-order valence-corrected chi connectivity index (χ1v) is 22.6. The highest BCUT2D eigenvalue weighted by atomic mass is 32.2. The largest absolute Gasteiger partial charge is 0.461 e. The first-order chi connectivity index (χ1) is 23.0. The van der Waals surface area contributed by atoms with Gasteiger partial charge >= 0.3 is 5.97 Å². The van der Waals surface area contributed by atoms with Crippen LogP contribution in [0.25, 0.3) is 0 Å². The minimum Gasteiger partial charge on any atom is -0.461 e. The summed E-state index contributed by atoms with van der Waals surface area (Å²) < 4.78 is 5.97. The maximum Gasteiger partial charge on any atom is 0.306 e. The molecule has 282 valence electrons. The number of thioether (sulfide) groups is 2. The van der Waals surface area contributed by atoms with E-state index in [1.807, 2.05) is 23.5 Å². The summed E-state index contributed by atoms with van der Waals surface area (Å²) in [5.41, 5.74) is 0. The van der Waals surface area contributed by atoms with Crippen molar-refractivity contribution < 1.29 is 19.7 Å². The van der Waals surface area contributed by atoms with Crippen molar-refractivity contribution in [1.82, 2.24) is 4.90 Å². The molecule has 0 saturated carbocycles. The van der Waals surface area contributed by atoms with Crippen LogP contribution in [0.2, 0.25) is 0 Å². The monoisotopic (exact) mass is 704 g/mol. The molecule has 0 aliphatic heterocycles. The van der Waals surface area contributed by atoms with Crippen molar-refractivity contribution in [1.29, 1.82) is 0 Å². The summed E-state index contributed by atoms with van der Waals surface area (Å²) in [6.45, 7) is 8.07. The zero-order valence-electron chi connectivity index (χ0n) is 31.8. The molecule has 0 aromatic carbocycles. The second-order valence-corrected chi connectivity index (χ2v) is 16.3. The van der Waals surface area contributed by atoms with Crippen molar-refractivity contribution in [3.63, 3.8) is 0 Å². The molecular weight excluding hydrogens is 623 g/mol. The van der Waals surface area contributed by atoms with E-state index in [1.54, 1.807) is 0 Å². The normalized spacial score (nSPS) is 13.7. The van der Waals surface area contributed by atoms with Gasteiger partial charge in [-0.3, -0.25) is 4.79 Å². The minimum atomic E-state index is -0.128. The number of carbonyl (C=O) groups excluding carboxylic acids is 1. The van der Waals surface area contributed by atoms with Crippen LogP contribution < -0.4 is 0 Å². The van der Waals surface area contributed by atoms with Gasteiger partial charge in [0.05, 0.1) is 6.10 Å². The topological polar surface area (TPSA) is 70.0 Å². The number of ether oxygens (including phenoxy) is 1. The van der Waals surface area contributed by atoms with Crippen LogP contribution in [-0.2, 0) is 9.53 Å². The van der Waals surface area contributed by atoms with E-state index >= 15 is 0 Å². The molecule has 2 N–H and O–H groups in total. The maximum absolute atomic E-state index is 12.5. The third-order valence-corrected chi connectivity index (χ3v) is 11.7. The lowest BCUT2D eigenvalue weighted by Gasteiger charge is -2.28. The van der Waals surface area contributed by atoms with Gasteiger partial charge in [0.2, 0.25) is 0 Å². The zero-order chi connectivity index (χ0) is 34.6. The smallest absolute Gasteiger partial charge is 0.306 e. The molecule has 3 unspecified atom stereocenters. The number of unbranched alkanes of at least 4 members (excludes halogenated alkanes) is 15. The molecule has 0 aliphatic carbocycles. The molecule has 0 saturated heterocycles. The second-order valence-electron chi connectivity index (χ2n) is 14.0. The predicted octanol–water partition coefficient (Wildman–Crippen LogP) is 11.2. The van der Waals surface area contributed by atoms with Crippen LogP contribution in [0, 0.1) is 0 Å². The maximum atomic E-state index is 12.5. The van der Waals surface area contributed by atoms with Gasteiger partial charge in [0, 0.05) is 30.6 Å². The third-order valence-electron chi connectivity index (χ3n) is 9.36. The summed E-state index contributed by atoms with van der Waals surface area (Å²) in [5.74, 6) is 4.17. The van der Waals surface area contributed by atoms with E-state index in [1.165, 1.54) is 115 Å². The molecule has 3 atom stereocenters. The molecule has 0 aromatic heterocycles. The van der Waals surface area contributed by atoms with Crippen molar-refractivity contribution in [3.05, 3.63) is 0 Å². The van der Waals surface area contributed by atoms with Gasteiger partial charge in [-0.2, -0.15) is 23.5 Å². The van der Waals surface area contributed by atoms with E-state index in [0.717, 1.165) is 75.2 Å². The molecule has 0 rings (SSSR count). The Balaban J connectivity index is 4.34. The van der Waals surface area contributed by atoms with Crippen LogP contribution in [0.15, 0.2) is 0 Å². The van der Waals surface area contributed by atoms with Gasteiger partial charge in [-0.1, -0.05) is 117 Å². The summed E-state index contributed by atoms with van der Waals surface area (Å²) in [6, 6.07) is 0.632. The Morgan fingerprint density at radius 3 is 1.72 bits per heavy atom. The van der Waals surface area contributed by atoms with Crippen molar-refractivity contribution >= 4 is 29.5 Å².